The molecule has 0 spiro atoms. The van der Waals surface area contributed by atoms with E-state index >= 15 is 0 Å². The molecule has 0 aromatic heterocycles. The van der Waals surface area contributed by atoms with E-state index < -0.39 is 17.6 Å². The SMILES string of the molecule is C=CC=CCCC1CCC(c2ccc(C(F)(F)F)c(F)c2)CC1. The number of halogens is 4. The Morgan fingerprint density at radius 1 is 1.13 bits per heavy atom. The van der Waals surface area contributed by atoms with Gasteiger partial charge < -0.3 is 0 Å². The lowest BCUT2D eigenvalue weighted by atomic mass is 9.77. The maximum Gasteiger partial charge on any atom is 0.419 e. The summed E-state index contributed by atoms with van der Waals surface area (Å²) in [4.78, 5) is 0. The van der Waals surface area contributed by atoms with Crippen LogP contribution in [-0.4, -0.2) is 0 Å². The van der Waals surface area contributed by atoms with Gasteiger partial charge in [0.1, 0.15) is 5.82 Å². The minimum atomic E-state index is -4.63. The number of hydrogen-bond acceptors (Lipinski definition) is 0. The van der Waals surface area contributed by atoms with Crippen molar-refractivity contribution >= 4 is 0 Å². The third-order valence-corrected chi connectivity index (χ3v) is 4.63. The number of allylic oxidation sites excluding steroid dienone is 3. The van der Waals surface area contributed by atoms with Crippen molar-refractivity contribution < 1.29 is 17.6 Å². The van der Waals surface area contributed by atoms with Crippen LogP contribution in [-0.2, 0) is 6.18 Å². The van der Waals surface area contributed by atoms with E-state index in [-0.39, 0.29) is 5.92 Å². The quantitative estimate of drug-likeness (QED) is 0.420. The standard InChI is InChI=1S/C19H22F4/c1-2-3-4-5-6-14-7-9-15(10-8-14)16-11-12-17(18(20)13-16)19(21,22)23/h2-4,11-15H,1,5-10H2. The lowest BCUT2D eigenvalue weighted by Crippen LogP contribution is -2.14. The largest absolute Gasteiger partial charge is 0.419 e. The fraction of sp³-hybridized carbons (Fsp3) is 0.474. The average Bonchev–Trinajstić information content (AvgIpc) is 2.51. The molecule has 0 atom stereocenters. The van der Waals surface area contributed by atoms with E-state index in [1.54, 1.807) is 6.08 Å². The lowest BCUT2D eigenvalue weighted by molar-refractivity contribution is -0.140. The summed E-state index contributed by atoms with van der Waals surface area (Å²) in [5.41, 5.74) is -0.482. The molecule has 0 saturated heterocycles. The molecule has 2 rings (SSSR count). The minimum Gasteiger partial charge on any atom is -0.206 e. The van der Waals surface area contributed by atoms with Gasteiger partial charge in [0.05, 0.1) is 5.56 Å². The zero-order valence-corrected chi connectivity index (χ0v) is 13.1. The number of hydrogen-bond donors (Lipinski definition) is 0. The van der Waals surface area contributed by atoms with Gasteiger partial charge in [0.2, 0.25) is 0 Å². The first-order chi connectivity index (χ1) is 10.9. The van der Waals surface area contributed by atoms with E-state index in [1.165, 1.54) is 6.07 Å². The van der Waals surface area contributed by atoms with E-state index in [0.29, 0.717) is 11.5 Å². The molecule has 0 bridgehead atoms. The lowest BCUT2D eigenvalue weighted by Gasteiger charge is -2.29. The first-order valence-corrected chi connectivity index (χ1v) is 8.06. The van der Waals surface area contributed by atoms with Gasteiger partial charge in [-0.3, -0.25) is 0 Å². The van der Waals surface area contributed by atoms with Crippen molar-refractivity contribution in [3.8, 4) is 0 Å². The summed E-state index contributed by atoms with van der Waals surface area (Å²) >= 11 is 0. The van der Waals surface area contributed by atoms with Crippen molar-refractivity contribution in [3.05, 3.63) is 60.0 Å². The summed E-state index contributed by atoms with van der Waals surface area (Å²) in [5.74, 6) is -0.335. The molecule has 0 aliphatic heterocycles. The second-order valence-electron chi connectivity index (χ2n) is 6.20. The molecule has 1 aliphatic rings. The van der Waals surface area contributed by atoms with E-state index in [1.807, 2.05) is 6.08 Å². The molecule has 126 valence electrons. The van der Waals surface area contributed by atoms with Crippen molar-refractivity contribution in [1.82, 2.24) is 0 Å². The van der Waals surface area contributed by atoms with Gasteiger partial charge in [-0.2, -0.15) is 13.2 Å². The van der Waals surface area contributed by atoms with Crippen LogP contribution in [0.5, 0.6) is 0 Å². The van der Waals surface area contributed by atoms with Crippen LogP contribution in [0.15, 0.2) is 43.0 Å². The molecule has 1 aromatic rings. The van der Waals surface area contributed by atoms with Gasteiger partial charge in [-0.25, -0.2) is 4.39 Å². The molecule has 0 radical (unpaired) electrons. The monoisotopic (exact) mass is 326 g/mol. The number of alkyl halides is 3. The van der Waals surface area contributed by atoms with Crippen LogP contribution in [0, 0.1) is 11.7 Å². The van der Waals surface area contributed by atoms with Crippen LogP contribution in [0.4, 0.5) is 17.6 Å². The highest BCUT2D eigenvalue weighted by Crippen LogP contribution is 2.39. The first kappa shape index (κ1) is 17.8. The van der Waals surface area contributed by atoms with Crippen molar-refractivity contribution in [3.63, 3.8) is 0 Å². The summed E-state index contributed by atoms with van der Waals surface area (Å²) in [5, 5.41) is 0. The van der Waals surface area contributed by atoms with Gasteiger partial charge in [-0.05, 0) is 68.1 Å². The van der Waals surface area contributed by atoms with Crippen LogP contribution in [0.25, 0.3) is 0 Å². The summed E-state index contributed by atoms with van der Waals surface area (Å²) in [6.45, 7) is 3.63. The highest BCUT2D eigenvalue weighted by molar-refractivity contribution is 5.29. The molecule has 0 nitrogen and oxygen atoms in total. The summed E-state index contributed by atoms with van der Waals surface area (Å²) < 4.78 is 51.5. The van der Waals surface area contributed by atoms with Gasteiger partial charge in [0.15, 0.2) is 0 Å². The molecule has 23 heavy (non-hydrogen) atoms. The third kappa shape index (κ3) is 4.95. The van der Waals surface area contributed by atoms with Crippen LogP contribution in [0.1, 0.15) is 55.6 Å². The molecule has 1 saturated carbocycles. The van der Waals surface area contributed by atoms with Crippen molar-refractivity contribution in [2.75, 3.05) is 0 Å². The van der Waals surface area contributed by atoms with E-state index in [2.05, 4.69) is 12.7 Å². The van der Waals surface area contributed by atoms with Crippen molar-refractivity contribution in [2.24, 2.45) is 5.92 Å². The topological polar surface area (TPSA) is 0 Å². The highest BCUT2D eigenvalue weighted by atomic mass is 19.4. The Kier molecular flexibility index (Phi) is 6.03. The van der Waals surface area contributed by atoms with Gasteiger partial charge in [0.25, 0.3) is 0 Å². The zero-order valence-electron chi connectivity index (χ0n) is 13.1. The molecule has 0 amide bonds. The molecule has 0 unspecified atom stereocenters. The van der Waals surface area contributed by atoms with Crippen LogP contribution in [0.2, 0.25) is 0 Å². The predicted molar refractivity (Wildman–Crippen MR) is 84.7 cm³/mol. The Morgan fingerprint density at radius 2 is 1.83 bits per heavy atom. The molecular weight excluding hydrogens is 304 g/mol. The van der Waals surface area contributed by atoms with Gasteiger partial charge in [-0.1, -0.05) is 30.9 Å². The van der Waals surface area contributed by atoms with Gasteiger partial charge in [0, 0.05) is 0 Å². The number of rotatable bonds is 5. The second kappa shape index (κ2) is 7.80. The van der Waals surface area contributed by atoms with Crippen LogP contribution >= 0.6 is 0 Å². The Balaban J connectivity index is 1.91. The fourth-order valence-electron chi connectivity index (χ4n) is 3.32. The Bertz CT molecular complexity index is 549. The first-order valence-electron chi connectivity index (χ1n) is 8.06. The summed E-state index contributed by atoms with van der Waals surface area (Å²) in [6.07, 6.45) is 7.26. The van der Waals surface area contributed by atoms with E-state index in [4.69, 9.17) is 0 Å². The molecular formula is C19H22F4. The zero-order chi connectivity index (χ0) is 16.9. The Morgan fingerprint density at radius 3 is 2.39 bits per heavy atom. The summed E-state index contributed by atoms with van der Waals surface area (Å²) in [6, 6.07) is 3.38. The molecule has 4 heteroatoms. The molecule has 0 N–H and O–H groups in total. The highest BCUT2D eigenvalue weighted by Gasteiger charge is 2.34. The summed E-state index contributed by atoms with van der Waals surface area (Å²) in [7, 11) is 0. The Labute approximate surface area is 134 Å². The normalized spacial score (nSPS) is 22.4. The maximum absolute atomic E-state index is 13.7. The maximum atomic E-state index is 13.7. The number of benzene rings is 1. The smallest absolute Gasteiger partial charge is 0.206 e. The third-order valence-electron chi connectivity index (χ3n) is 4.63. The average molecular weight is 326 g/mol. The van der Waals surface area contributed by atoms with E-state index in [9.17, 15) is 17.6 Å². The molecule has 1 fully saturated rings. The van der Waals surface area contributed by atoms with E-state index in [0.717, 1.165) is 50.7 Å². The van der Waals surface area contributed by atoms with Crippen LogP contribution in [0.3, 0.4) is 0 Å². The molecule has 1 aromatic carbocycles. The fourth-order valence-corrected chi connectivity index (χ4v) is 3.32. The van der Waals surface area contributed by atoms with Gasteiger partial charge in [-0.15, -0.1) is 0 Å². The Hall–Kier alpha value is -1.58. The molecule has 0 heterocycles. The van der Waals surface area contributed by atoms with Crippen LogP contribution < -0.4 is 0 Å². The second-order valence-corrected chi connectivity index (χ2v) is 6.20. The predicted octanol–water partition coefficient (Wildman–Crippen LogP) is 6.64. The van der Waals surface area contributed by atoms with Crippen molar-refractivity contribution in [1.29, 1.82) is 0 Å². The van der Waals surface area contributed by atoms with Gasteiger partial charge >= 0.3 is 6.18 Å². The van der Waals surface area contributed by atoms with Crippen molar-refractivity contribution in [2.45, 2.75) is 50.6 Å². The molecule has 1 aliphatic carbocycles. The minimum absolute atomic E-state index is 0.173.